The van der Waals surface area contributed by atoms with Crippen molar-refractivity contribution in [1.29, 1.82) is 0 Å². The predicted octanol–water partition coefficient (Wildman–Crippen LogP) is 2.41. The summed E-state index contributed by atoms with van der Waals surface area (Å²) in [5, 5.41) is 12.3. The monoisotopic (exact) mass is 293 g/mol. The third kappa shape index (κ3) is 6.05. The molecule has 2 N–H and O–H groups in total. The lowest BCUT2D eigenvalue weighted by Crippen LogP contribution is -2.27. The summed E-state index contributed by atoms with van der Waals surface area (Å²) in [6.45, 7) is -0.0636. The van der Waals surface area contributed by atoms with Crippen molar-refractivity contribution >= 4 is 29.3 Å². The number of rotatable bonds is 5. The normalized spacial score (nSPS) is 11.7. The predicted molar refractivity (Wildman–Crippen MR) is 63.5 cm³/mol. The number of amides is 1. The van der Waals surface area contributed by atoms with E-state index in [1.54, 1.807) is 11.4 Å². The molecule has 0 saturated carbocycles. The van der Waals surface area contributed by atoms with Crippen molar-refractivity contribution in [1.82, 2.24) is 5.32 Å². The molecule has 104 valence electrons. The van der Waals surface area contributed by atoms with Gasteiger partial charge in [-0.1, -0.05) is 0 Å². The summed E-state index contributed by atoms with van der Waals surface area (Å²) in [6, 6.07) is 1.62. The lowest BCUT2D eigenvalue weighted by Gasteiger charge is -2.07. The van der Waals surface area contributed by atoms with Gasteiger partial charge in [0.05, 0.1) is 6.54 Å². The van der Waals surface area contributed by atoms with Crippen molar-refractivity contribution in [2.45, 2.75) is 19.1 Å². The summed E-state index contributed by atoms with van der Waals surface area (Å²) < 4.78 is 35.8. The molecule has 1 aromatic heterocycles. The third-order valence-electron chi connectivity index (χ3n) is 1.99. The molecule has 0 aliphatic carbocycles. The van der Waals surface area contributed by atoms with Crippen LogP contribution in [-0.4, -0.2) is 23.2 Å². The third-order valence-corrected chi connectivity index (χ3v) is 2.93. The fraction of sp³-hybridized carbons (Fsp3) is 0.273. The number of carbonyl (C=O) groups excluding carboxylic acids is 1. The molecule has 0 saturated heterocycles. The second kappa shape index (κ2) is 6.37. The molecule has 8 heteroatoms. The van der Waals surface area contributed by atoms with E-state index in [-0.39, 0.29) is 6.54 Å². The molecule has 0 aromatic carbocycles. The van der Waals surface area contributed by atoms with Crippen LogP contribution in [0.25, 0.3) is 6.08 Å². The summed E-state index contributed by atoms with van der Waals surface area (Å²) in [4.78, 5) is 21.9. The molecule has 0 unspecified atom stereocenters. The number of hydrogen-bond acceptors (Lipinski definition) is 3. The molecule has 0 spiro atoms. The first-order valence-electron chi connectivity index (χ1n) is 5.09. The Hall–Kier alpha value is -1.83. The van der Waals surface area contributed by atoms with E-state index in [9.17, 15) is 22.8 Å². The van der Waals surface area contributed by atoms with Crippen molar-refractivity contribution in [3.63, 3.8) is 0 Å². The van der Waals surface area contributed by atoms with Crippen LogP contribution in [0.15, 0.2) is 17.5 Å². The van der Waals surface area contributed by atoms with Crippen molar-refractivity contribution in [3.05, 3.63) is 28.0 Å². The molecule has 0 fully saturated rings. The van der Waals surface area contributed by atoms with E-state index in [0.717, 1.165) is 6.08 Å². The van der Waals surface area contributed by atoms with Gasteiger partial charge in [0.2, 0.25) is 5.91 Å². The second-order valence-corrected chi connectivity index (χ2v) is 4.54. The minimum Gasteiger partial charge on any atom is -0.478 e. The number of carboxylic acids is 1. The SMILES string of the molecule is O=C(O)C=Cc1ccsc1CNC(=O)CC(F)(F)F. The van der Waals surface area contributed by atoms with Crippen molar-refractivity contribution < 1.29 is 27.9 Å². The molecule has 4 nitrogen and oxygen atoms in total. The summed E-state index contributed by atoms with van der Waals surface area (Å²) in [5.74, 6) is -2.24. The Kier molecular flexibility index (Phi) is 5.11. The highest BCUT2D eigenvalue weighted by molar-refractivity contribution is 7.10. The number of alkyl halides is 3. The van der Waals surface area contributed by atoms with Crippen molar-refractivity contribution in [2.24, 2.45) is 0 Å². The molecule has 1 amide bonds. The van der Waals surface area contributed by atoms with Gasteiger partial charge in [0, 0.05) is 11.0 Å². The van der Waals surface area contributed by atoms with Gasteiger partial charge in [0.15, 0.2) is 0 Å². The Morgan fingerprint density at radius 1 is 1.42 bits per heavy atom. The first-order valence-corrected chi connectivity index (χ1v) is 5.97. The van der Waals surface area contributed by atoms with Crippen LogP contribution in [-0.2, 0) is 16.1 Å². The average Bonchev–Trinajstić information content (AvgIpc) is 2.68. The van der Waals surface area contributed by atoms with Crippen molar-refractivity contribution in [3.8, 4) is 0 Å². The fourth-order valence-electron chi connectivity index (χ4n) is 1.23. The van der Waals surface area contributed by atoms with Crippen LogP contribution in [0.1, 0.15) is 16.9 Å². The summed E-state index contributed by atoms with van der Waals surface area (Å²) in [5.41, 5.74) is 0.555. The molecule has 19 heavy (non-hydrogen) atoms. The highest BCUT2D eigenvalue weighted by Crippen LogP contribution is 2.20. The van der Waals surface area contributed by atoms with E-state index in [0.29, 0.717) is 10.4 Å². The van der Waals surface area contributed by atoms with Crippen LogP contribution in [0.5, 0.6) is 0 Å². The van der Waals surface area contributed by atoms with E-state index in [1.165, 1.54) is 17.4 Å². The number of hydrogen-bond donors (Lipinski definition) is 2. The molecule has 1 rings (SSSR count). The molecule has 0 aliphatic rings. The molecule has 1 heterocycles. The first-order chi connectivity index (χ1) is 8.78. The lowest BCUT2D eigenvalue weighted by molar-refractivity contribution is -0.153. The maximum atomic E-state index is 11.9. The zero-order valence-electron chi connectivity index (χ0n) is 9.53. The van der Waals surface area contributed by atoms with Crippen LogP contribution in [0.4, 0.5) is 13.2 Å². The number of carboxylic acid groups (broad SMARTS) is 1. The van der Waals surface area contributed by atoms with Crippen LogP contribution in [0.2, 0.25) is 0 Å². The van der Waals surface area contributed by atoms with Gasteiger partial charge >= 0.3 is 12.1 Å². The van der Waals surface area contributed by atoms with E-state index in [2.05, 4.69) is 5.32 Å². The van der Waals surface area contributed by atoms with Gasteiger partial charge in [-0.3, -0.25) is 4.79 Å². The number of nitrogens with one attached hydrogen (secondary N) is 1. The molecule has 0 atom stereocenters. The summed E-state index contributed by atoms with van der Waals surface area (Å²) in [6.07, 6.45) is -3.82. The Morgan fingerprint density at radius 3 is 2.68 bits per heavy atom. The van der Waals surface area contributed by atoms with Gasteiger partial charge in [-0.2, -0.15) is 13.2 Å². The van der Waals surface area contributed by atoms with E-state index < -0.39 is 24.5 Å². The van der Waals surface area contributed by atoms with Gasteiger partial charge in [-0.15, -0.1) is 11.3 Å². The average molecular weight is 293 g/mol. The number of thiophene rings is 1. The Bertz CT molecular complexity index is 494. The van der Waals surface area contributed by atoms with Crippen LogP contribution in [0.3, 0.4) is 0 Å². The summed E-state index contributed by atoms with van der Waals surface area (Å²) >= 11 is 1.22. The highest BCUT2D eigenvalue weighted by Gasteiger charge is 2.30. The van der Waals surface area contributed by atoms with Gasteiger partial charge in [0.25, 0.3) is 0 Å². The number of aliphatic carboxylic acids is 1. The smallest absolute Gasteiger partial charge is 0.397 e. The van der Waals surface area contributed by atoms with Crippen LogP contribution in [0, 0.1) is 0 Å². The molecular weight excluding hydrogens is 283 g/mol. The molecular formula is C11H10F3NO3S. The second-order valence-electron chi connectivity index (χ2n) is 3.54. The Morgan fingerprint density at radius 2 is 2.11 bits per heavy atom. The molecule has 1 aromatic rings. The highest BCUT2D eigenvalue weighted by atomic mass is 32.1. The van der Waals surface area contributed by atoms with Crippen molar-refractivity contribution in [2.75, 3.05) is 0 Å². The Labute approximate surface area is 110 Å². The van der Waals surface area contributed by atoms with E-state index >= 15 is 0 Å². The number of carbonyl (C=O) groups is 2. The molecule has 0 bridgehead atoms. The maximum absolute atomic E-state index is 11.9. The first kappa shape index (κ1) is 15.2. The van der Waals surface area contributed by atoms with E-state index in [4.69, 9.17) is 5.11 Å². The zero-order chi connectivity index (χ0) is 14.5. The Balaban J connectivity index is 2.57. The number of halogens is 3. The van der Waals surface area contributed by atoms with Gasteiger partial charge in [-0.05, 0) is 23.1 Å². The molecule has 0 aliphatic heterocycles. The van der Waals surface area contributed by atoms with Gasteiger partial charge < -0.3 is 10.4 Å². The van der Waals surface area contributed by atoms with Gasteiger partial charge in [0.1, 0.15) is 6.42 Å². The fourth-order valence-corrected chi connectivity index (χ4v) is 2.03. The van der Waals surface area contributed by atoms with Crippen LogP contribution < -0.4 is 5.32 Å². The maximum Gasteiger partial charge on any atom is 0.397 e. The minimum absolute atomic E-state index is 0.0636. The minimum atomic E-state index is -4.54. The largest absolute Gasteiger partial charge is 0.478 e. The lowest BCUT2D eigenvalue weighted by atomic mass is 10.2. The summed E-state index contributed by atoms with van der Waals surface area (Å²) in [7, 11) is 0. The molecule has 0 radical (unpaired) electrons. The van der Waals surface area contributed by atoms with Crippen LogP contribution >= 0.6 is 11.3 Å². The standard InChI is InChI=1S/C11H10F3NO3S/c12-11(13,14)5-9(16)15-6-8-7(3-4-19-8)1-2-10(17)18/h1-4H,5-6H2,(H,15,16)(H,17,18). The van der Waals surface area contributed by atoms with E-state index in [1.807, 2.05) is 0 Å². The topological polar surface area (TPSA) is 66.4 Å². The van der Waals surface area contributed by atoms with Gasteiger partial charge in [-0.25, -0.2) is 4.79 Å². The quantitative estimate of drug-likeness (QED) is 0.819. The zero-order valence-corrected chi connectivity index (χ0v) is 10.3.